The van der Waals surface area contributed by atoms with Crippen molar-refractivity contribution in [1.29, 1.82) is 5.26 Å². The normalized spacial score (nSPS) is 12.3. The molecule has 0 amide bonds. The Morgan fingerprint density at radius 3 is 3.00 bits per heavy atom. The molecule has 0 fully saturated rings. The van der Waals surface area contributed by atoms with Crippen LogP contribution in [0.25, 0.3) is 0 Å². The molecule has 0 aliphatic heterocycles. The standard InChI is InChI=1S/C11H18N4/c1-3-5-13-9-11-14-6-7-15(11)10(4-2)8-12/h6-7,10,13H,3-5,9H2,1-2H3. The first-order valence-electron chi connectivity index (χ1n) is 5.45. The molecule has 1 heterocycles. The first-order chi connectivity index (χ1) is 7.33. The predicted molar refractivity (Wildman–Crippen MR) is 59.2 cm³/mol. The van der Waals surface area contributed by atoms with Gasteiger partial charge in [-0.25, -0.2) is 4.98 Å². The minimum absolute atomic E-state index is 0.0917. The molecule has 0 aromatic carbocycles. The predicted octanol–water partition coefficient (Wildman–Crippen LogP) is 1.86. The third-order valence-corrected chi connectivity index (χ3v) is 2.33. The highest BCUT2D eigenvalue weighted by atomic mass is 15.1. The third-order valence-electron chi connectivity index (χ3n) is 2.33. The summed E-state index contributed by atoms with van der Waals surface area (Å²) in [6, 6.07) is 2.19. The summed E-state index contributed by atoms with van der Waals surface area (Å²) >= 11 is 0. The van der Waals surface area contributed by atoms with Gasteiger partial charge in [-0.15, -0.1) is 0 Å². The summed E-state index contributed by atoms with van der Waals surface area (Å²) < 4.78 is 1.95. The monoisotopic (exact) mass is 206 g/mol. The lowest BCUT2D eigenvalue weighted by molar-refractivity contribution is 0.542. The van der Waals surface area contributed by atoms with Gasteiger partial charge in [-0.3, -0.25) is 0 Å². The molecular weight excluding hydrogens is 188 g/mol. The van der Waals surface area contributed by atoms with Crippen molar-refractivity contribution in [2.75, 3.05) is 6.54 Å². The fourth-order valence-corrected chi connectivity index (χ4v) is 1.49. The smallest absolute Gasteiger partial charge is 0.123 e. The van der Waals surface area contributed by atoms with E-state index in [9.17, 15) is 0 Å². The summed E-state index contributed by atoms with van der Waals surface area (Å²) in [7, 11) is 0. The van der Waals surface area contributed by atoms with E-state index in [-0.39, 0.29) is 6.04 Å². The minimum Gasteiger partial charge on any atom is -0.317 e. The van der Waals surface area contributed by atoms with Crippen LogP contribution in [0.2, 0.25) is 0 Å². The number of hydrogen-bond donors (Lipinski definition) is 1. The van der Waals surface area contributed by atoms with Crippen molar-refractivity contribution in [3.8, 4) is 6.07 Å². The van der Waals surface area contributed by atoms with Gasteiger partial charge in [0.15, 0.2) is 0 Å². The molecule has 0 spiro atoms. The molecule has 1 atom stereocenters. The number of imidazole rings is 1. The second-order valence-electron chi connectivity index (χ2n) is 3.48. The van der Waals surface area contributed by atoms with E-state index in [0.29, 0.717) is 0 Å². The second kappa shape index (κ2) is 6.20. The third kappa shape index (κ3) is 3.07. The van der Waals surface area contributed by atoms with Crippen LogP contribution in [0.3, 0.4) is 0 Å². The quantitative estimate of drug-likeness (QED) is 0.723. The molecule has 82 valence electrons. The topological polar surface area (TPSA) is 53.6 Å². The van der Waals surface area contributed by atoms with Crippen molar-refractivity contribution in [2.45, 2.75) is 39.3 Å². The highest BCUT2D eigenvalue weighted by molar-refractivity contribution is 5.01. The molecular formula is C11H18N4. The van der Waals surface area contributed by atoms with Crippen molar-refractivity contribution in [3.63, 3.8) is 0 Å². The van der Waals surface area contributed by atoms with E-state index >= 15 is 0 Å². The molecule has 1 N–H and O–H groups in total. The van der Waals surface area contributed by atoms with E-state index in [1.165, 1.54) is 0 Å². The summed E-state index contributed by atoms with van der Waals surface area (Å²) in [4.78, 5) is 4.25. The molecule has 1 aromatic heterocycles. The maximum atomic E-state index is 8.97. The zero-order chi connectivity index (χ0) is 11.1. The Morgan fingerprint density at radius 2 is 2.40 bits per heavy atom. The minimum atomic E-state index is -0.0917. The molecule has 4 nitrogen and oxygen atoms in total. The lowest BCUT2D eigenvalue weighted by Gasteiger charge is -2.12. The van der Waals surface area contributed by atoms with Gasteiger partial charge in [-0.05, 0) is 19.4 Å². The van der Waals surface area contributed by atoms with Crippen molar-refractivity contribution in [3.05, 3.63) is 18.2 Å². The molecule has 0 bridgehead atoms. The molecule has 0 aliphatic rings. The van der Waals surface area contributed by atoms with Crippen LogP contribution < -0.4 is 5.32 Å². The molecule has 0 saturated carbocycles. The van der Waals surface area contributed by atoms with Crippen LogP contribution in [0.5, 0.6) is 0 Å². The van der Waals surface area contributed by atoms with Crippen molar-refractivity contribution in [2.24, 2.45) is 0 Å². The molecule has 1 unspecified atom stereocenters. The molecule has 15 heavy (non-hydrogen) atoms. The van der Waals surface area contributed by atoms with E-state index in [4.69, 9.17) is 5.26 Å². The first-order valence-corrected chi connectivity index (χ1v) is 5.45. The Bertz CT molecular complexity index is 324. The van der Waals surface area contributed by atoms with Gasteiger partial charge >= 0.3 is 0 Å². The zero-order valence-corrected chi connectivity index (χ0v) is 9.40. The Kier molecular flexibility index (Phi) is 4.85. The number of nitrogens with zero attached hydrogens (tertiary/aromatic N) is 3. The van der Waals surface area contributed by atoms with Crippen LogP contribution >= 0.6 is 0 Å². The fourth-order valence-electron chi connectivity index (χ4n) is 1.49. The second-order valence-corrected chi connectivity index (χ2v) is 3.48. The van der Waals surface area contributed by atoms with Gasteiger partial charge in [-0.1, -0.05) is 13.8 Å². The maximum absolute atomic E-state index is 8.97. The lowest BCUT2D eigenvalue weighted by atomic mass is 10.2. The molecule has 1 rings (SSSR count). The summed E-state index contributed by atoms with van der Waals surface area (Å²) in [5, 5.41) is 12.3. The summed E-state index contributed by atoms with van der Waals surface area (Å²) in [6.07, 6.45) is 5.55. The Balaban J connectivity index is 2.65. The van der Waals surface area contributed by atoms with Gasteiger partial charge in [0.05, 0.1) is 12.6 Å². The van der Waals surface area contributed by atoms with Crippen LogP contribution in [-0.4, -0.2) is 16.1 Å². The average molecular weight is 206 g/mol. The van der Waals surface area contributed by atoms with Crippen LogP contribution in [0.4, 0.5) is 0 Å². The zero-order valence-electron chi connectivity index (χ0n) is 9.40. The maximum Gasteiger partial charge on any atom is 0.123 e. The van der Waals surface area contributed by atoms with Crippen LogP contribution in [0.1, 0.15) is 38.6 Å². The van der Waals surface area contributed by atoms with Crippen LogP contribution in [-0.2, 0) is 6.54 Å². The summed E-state index contributed by atoms with van der Waals surface area (Å²) in [5.41, 5.74) is 0. The Hall–Kier alpha value is -1.34. The average Bonchev–Trinajstić information content (AvgIpc) is 2.69. The van der Waals surface area contributed by atoms with Gasteiger partial charge in [0, 0.05) is 12.4 Å². The highest BCUT2D eigenvalue weighted by Crippen LogP contribution is 2.12. The summed E-state index contributed by atoms with van der Waals surface area (Å²) in [5.74, 6) is 0.942. The van der Waals surface area contributed by atoms with Gasteiger partial charge < -0.3 is 9.88 Å². The van der Waals surface area contributed by atoms with E-state index in [2.05, 4.69) is 23.3 Å². The highest BCUT2D eigenvalue weighted by Gasteiger charge is 2.10. The van der Waals surface area contributed by atoms with Crippen molar-refractivity contribution < 1.29 is 0 Å². The summed E-state index contributed by atoms with van der Waals surface area (Å²) in [6.45, 7) is 5.86. The van der Waals surface area contributed by atoms with Gasteiger partial charge in [-0.2, -0.15) is 5.26 Å². The van der Waals surface area contributed by atoms with Gasteiger partial charge in [0.2, 0.25) is 0 Å². The SMILES string of the molecule is CCCNCc1nccn1C(C#N)CC. The van der Waals surface area contributed by atoms with Gasteiger partial charge in [0.25, 0.3) is 0 Å². The van der Waals surface area contributed by atoms with Gasteiger partial charge in [0.1, 0.15) is 11.9 Å². The van der Waals surface area contributed by atoms with E-state index in [0.717, 1.165) is 31.8 Å². The molecule has 1 aromatic rings. The number of nitriles is 1. The fraction of sp³-hybridized carbons (Fsp3) is 0.636. The Labute approximate surface area is 90.9 Å². The van der Waals surface area contributed by atoms with Crippen LogP contribution in [0.15, 0.2) is 12.4 Å². The van der Waals surface area contributed by atoms with E-state index in [1.54, 1.807) is 6.20 Å². The number of nitrogens with one attached hydrogen (secondary N) is 1. The number of aromatic nitrogens is 2. The van der Waals surface area contributed by atoms with Crippen LogP contribution in [0, 0.1) is 11.3 Å². The molecule has 0 saturated heterocycles. The van der Waals surface area contributed by atoms with E-state index < -0.39 is 0 Å². The number of rotatable bonds is 6. The molecule has 4 heteroatoms. The van der Waals surface area contributed by atoms with Crippen molar-refractivity contribution >= 4 is 0 Å². The molecule has 0 aliphatic carbocycles. The lowest BCUT2D eigenvalue weighted by Crippen LogP contribution is -2.19. The van der Waals surface area contributed by atoms with Crippen molar-refractivity contribution in [1.82, 2.24) is 14.9 Å². The number of hydrogen-bond acceptors (Lipinski definition) is 3. The first kappa shape index (κ1) is 11.7. The Morgan fingerprint density at radius 1 is 1.60 bits per heavy atom. The largest absolute Gasteiger partial charge is 0.317 e. The van der Waals surface area contributed by atoms with E-state index in [1.807, 2.05) is 17.7 Å². The molecule has 0 radical (unpaired) electrons.